The van der Waals surface area contributed by atoms with Gasteiger partial charge in [-0.3, -0.25) is 9.59 Å². The number of ether oxygens (including phenoxy) is 2. The van der Waals surface area contributed by atoms with Crippen LogP contribution in [-0.4, -0.2) is 65.6 Å². The van der Waals surface area contributed by atoms with E-state index in [1.165, 1.54) is 0 Å². The van der Waals surface area contributed by atoms with E-state index in [2.05, 4.69) is 20.2 Å². The lowest BCUT2D eigenvalue weighted by Crippen LogP contribution is -2.49. The minimum Gasteiger partial charge on any atom is -0.485 e. The summed E-state index contributed by atoms with van der Waals surface area (Å²) in [5.41, 5.74) is 1.53. The standard InChI is InChI=1S/C25H25N5O4/c31-23(29-12-14-30(15-13-29)25-26-10-3-11-27-25)16-18-6-8-19(9-7-18)28-24(32)22-17-33-20-4-1-2-5-21(20)34-22/h1-11,22H,12-17H2,(H,28,32). The van der Waals surface area contributed by atoms with Gasteiger partial charge in [0, 0.05) is 44.3 Å². The predicted octanol–water partition coefficient (Wildman–Crippen LogP) is 2.15. The number of rotatable bonds is 5. The lowest BCUT2D eigenvalue weighted by molar-refractivity contribution is -0.130. The zero-order chi connectivity index (χ0) is 23.3. The van der Waals surface area contributed by atoms with Gasteiger partial charge in [0.2, 0.25) is 18.0 Å². The molecule has 3 heterocycles. The number of anilines is 2. The maximum Gasteiger partial charge on any atom is 0.269 e. The van der Waals surface area contributed by atoms with Gasteiger partial charge in [-0.1, -0.05) is 24.3 Å². The van der Waals surface area contributed by atoms with Crippen molar-refractivity contribution in [3.05, 3.63) is 72.6 Å². The third kappa shape index (κ3) is 4.93. The number of aromatic nitrogens is 2. The molecule has 0 radical (unpaired) electrons. The summed E-state index contributed by atoms with van der Waals surface area (Å²) in [5, 5.41) is 2.85. The number of benzene rings is 2. The molecule has 2 amide bonds. The highest BCUT2D eigenvalue weighted by molar-refractivity contribution is 5.94. The molecule has 0 aliphatic carbocycles. The molecule has 2 aromatic carbocycles. The van der Waals surface area contributed by atoms with Crippen molar-refractivity contribution >= 4 is 23.5 Å². The van der Waals surface area contributed by atoms with E-state index >= 15 is 0 Å². The molecule has 0 spiro atoms. The number of hydrogen-bond donors (Lipinski definition) is 1. The van der Waals surface area contributed by atoms with Crippen LogP contribution >= 0.6 is 0 Å². The Balaban J connectivity index is 1.11. The predicted molar refractivity (Wildman–Crippen MR) is 126 cm³/mol. The van der Waals surface area contributed by atoms with Gasteiger partial charge < -0.3 is 24.6 Å². The molecular formula is C25H25N5O4. The molecule has 1 N–H and O–H groups in total. The fraction of sp³-hybridized carbons (Fsp3) is 0.280. The zero-order valence-corrected chi connectivity index (χ0v) is 18.6. The van der Waals surface area contributed by atoms with Crippen molar-refractivity contribution in [1.29, 1.82) is 0 Å². The van der Waals surface area contributed by atoms with Crippen LogP contribution in [0.3, 0.4) is 0 Å². The highest BCUT2D eigenvalue weighted by Gasteiger charge is 2.27. The fourth-order valence-corrected chi connectivity index (χ4v) is 3.97. The summed E-state index contributed by atoms with van der Waals surface area (Å²) in [7, 11) is 0. The first-order chi connectivity index (χ1) is 16.7. The van der Waals surface area contributed by atoms with Crippen molar-refractivity contribution in [2.75, 3.05) is 43.0 Å². The molecule has 1 saturated heterocycles. The third-order valence-electron chi connectivity index (χ3n) is 5.85. The minimum atomic E-state index is -0.726. The van der Waals surface area contributed by atoms with Crippen molar-refractivity contribution in [2.45, 2.75) is 12.5 Å². The SMILES string of the molecule is O=C(Nc1ccc(CC(=O)N2CCN(c3ncccn3)CC2)cc1)C1COc2ccccc2O1. The molecule has 1 atom stereocenters. The van der Waals surface area contributed by atoms with E-state index in [-0.39, 0.29) is 18.4 Å². The van der Waals surface area contributed by atoms with E-state index in [9.17, 15) is 9.59 Å². The van der Waals surface area contributed by atoms with Crippen LogP contribution in [0.4, 0.5) is 11.6 Å². The molecule has 3 aromatic rings. The van der Waals surface area contributed by atoms with Gasteiger partial charge in [0.05, 0.1) is 6.42 Å². The lowest BCUT2D eigenvalue weighted by atomic mass is 10.1. The molecule has 2 aliphatic heterocycles. The Morgan fingerprint density at radius 3 is 2.35 bits per heavy atom. The second kappa shape index (κ2) is 9.78. The maximum absolute atomic E-state index is 12.8. The second-order valence-electron chi connectivity index (χ2n) is 8.14. The quantitative estimate of drug-likeness (QED) is 0.624. The monoisotopic (exact) mass is 459 g/mol. The van der Waals surface area contributed by atoms with E-state index in [4.69, 9.17) is 9.47 Å². The summed E-state index contributed by atoms with van der Waals surface area (Å²) in [6, 6.07) is 16.4. The van der Waals surface area contributed by atoms with Gasteiger partial charge in [0.25, 0.3) is 5.91 Å². The largest absolute Gasteiger partial charge is 0.485 e. The van der Waals surface area contributed by atoms with Crippen molar-refractivity contribution in [1.82, 2.24) is 14.9 Å². The molecule has 34 heavy (non-hydrogen) atoms. The van der Waals surface area contributed by atoms with Gasteiger partial charge in [0.15, 0.2) is 11.5 Å². The first-order valence-electron chi connectivity index (χ1n) is 11.2. The van der Waals surface area contributed by atoms with Gasteiger partial charge >= 0.3 is 0 Å². The Hall–Kier alpha value is -4.14. The highest BCUT2D eigenvalue weighted by atomic mass is 16.6. The number of carbonyl (C=O) groups is 2. The average Bonchev–Trinajstić information content (AvgIpc) is 2.90. The number of fused-ring (bicyclic) bond motifs is 1. The number of amides is 2. The number of hydrogen-bond acceptors (Lipinski definition) is 7. The summed E-state index contributed by atoms with van der Waals surface area (Å²) in [5.74, 6) is 1.69. The number of carbonyl (C=O) groups excluding carboxylic acids is 2. The van der Waals surface area contributed by atoms with Crippen molar-refractivity contribution in [2.24, 2.45) is 0 Å². The number of nitrogens with zero attached hydrogens (tertiary/aromatic N) is 4. The van der Waals surface area contributed by atoms with Crippen LogP contribution in [0, 0.1) is 0 Å². The number of nitrogens with one attached hydrogen (secondary N) is 1. The topological polar surface area (TPSA) is 96.9 Å². The molecule has 9 heteroatoms. The summed E-state index contributed by atoms with van der Waals surface area (Å²) in [6.07, 6.45) is 3.03. The summed E-state index contributed by atoms with van der Waals surface area (Å²) in [6.45, 7) is 2.84. The zero-order valence-electron chi connectivity index (χ0n) is 18.6. The normalized spacial score (nSPS) is 17.2. The van der Waals surface area contributed by atoms with Crippen LogP contribution in [0.2, 0.25) is 0 Å². The van der Waals surface area contributed by atoms with Gasteiger partial charge in [-0.15, -0.1) is 0 Å². The van der Waals surface area contributed by atoms with Gasteiger partial charge in [-0.25, -0.2) is 9.97 Å². The molecule has 1 fully saturated rings. The van der Waals surface area contributed by atoms with Crippen molar-refractivity contribution < 1.29 is 19.1 Å². The van der Waals surface area contributed by atoms with Gasteiger partial charge in [-0.05, 0) is 35.9 Å². The van der Waals surface area contributed by atoms with Crippen LogP contribution in [-0.2, 0) is 16.0 Å². The second-order valence-corrected chi connectivity index (χ2v) is 8.14. The van der Waals surface area contributed by atoms with Crippen LogP contribution in [0.25, 0.3) is 0 Å². The van der Waals surface area contributed by atoms with Crippen LogP contribution in [0.1, 0.15) is 5.56 Å². The molecule has 174 valence electrons. The van der Waals surface area contributed by atoms with E-state index in [1.807, 2.05) is 29.2 Å². The highest BCUT2D eigenvalue weighted by Crippen LogP contribution is 2.31. The first kappa shape index (κ1) is 21.7. The Morgan fingerprint density at radius 1 is 0.912 bits per heavy atom. The van der Waals surface area contributed by atoms with Crippen LogP contribution in [0.5, 0.6) is 11.5 Å². The Morgan fingerprint density at radius 2 is 1.62 bits per heavy atom. The summed E-state index contributed by atoms with van der Waals surface area (Å²) >= 11 is 0. The van der Waals surface area contributed by atoms with E-state index < -0.39 is 6.10 Å². The molecule has 1 aromatic heterocycles. The average molecular weight is 460 g/mol. The van der Waals surface area contributed by atoms with Gasteiger partial charge in [0.1, 0.15) is 6.61 Å². The molecular weight excluding hydrogens is 434 g/mol. The summed E-state index contributed by atoms with van der Waals surface area (Å²) in [4.78, 5) is 37.8. The fourth-order valence-electron chi connectivity index (χ4n) is 3.97. The Labute approximate surface area is 197 Å². The van der Waals surface area contributed by atoms with E-state index in [0.29, 0.717) is 55.7 Å². The molecule has 0 bridgehead atoms. The molecule has 5 rings (SSSR count). The third-order valence-corrected chi connectivity index (χ3v) is 5.85. The maximum atomic E-state index is 12.8. The Kier molecular flexibility index (Phi) is 6.24. The van der Waals surface area contributed by atoms with Crippen molar-refractivity contribution in [3.63, 3.8) is 0 Å². The smallest absolute Gasteiger partial charge is 0.269 e. The number of piperazine rings is 1. The molecule has 0 saturated carbocycles. The Bertz CT molecular complexity index is 1150. The first-order valence-corrected chi connectivity index (χ1v) is 11.2. The molecule has 2 aliphatic rings. The van der Waals surface area contributed by atoms with Crippen molar-refractivity contribution in [3.8, 4) is 11.5 Å². The lowest BCUT2D eigenvalue weighted by Gasteiger charge is -2.34. The van der Waals surface area contributed by atoms with Crippen LogP contribution < -0.4 is 19.7 Å². The molecule has 1 unspecified atom stereocenters. The van der Waals surface area contributed by atoms with E-state index in [1.54, 1.807) is 42.7 Å². The van der Waals surface area contributed by atoms with Gasteiger partial charge in [-0.2, -0.15) is 0 Å². The summed E-state index contributed by atoms with van der Waals surface area (Å²) < 4.78 is 11.4. The van der Waals surface area contributed by atoms with E-state index in [0.717, 1.165) is 5.56 Å². The molecule has 9 nitrogen and oxygen atoms in total. The number of para-hydroxylation sites is 2. The van der Waals surface area contributed by atoms with Crippen LogP contribution in [0.15, 0.2) is 67.0 Å². The minimum absolute atomic E-state index is 0.0804.